The summed E-state index contributed by atoms with van der Waals surface area (Å²) in [5.74, 6) is -3.76. The van der Waals surface area contributed by atoms with E-state index in [0.717, 1.165) is 6.07 Å². The summed E-state index contributed by atoms with van der Waals surface area (Å²) in [5.41, 5.74) is -0.260. The number of carbonyl (C=O) groups is 2. The van der Waals surface area contributed by atoms with Crippen LogP contribution in [-0.2, 0) is 4.79 Å². The molecule has 0 aliphatic carbocycles. The number of carboxylic acid groups (broad SMARTS) is 1. The Morgan fingerprint density at radius 2 is 2.11 bits per heavy atom. The molecule has 102 valence electrons. The van der Waals surface area contributed by atoms with E-state index in [2.05, 4.69) is 5.32 Å². The van der Waals surface area contributed by atoms with Gasteiger partial charge in [0.25, 0.3) is 0 Å². The molecular formula is C12H12F2N2O3. The lowest BCUT2D eigenvalue weighted by atomic mass is 10.1. The minimum Gasteiger partial charge on any atom is -0.481 e. The van der Waals surface area contributed by atoms with Crippen molar-refractivity contribution in [3.05, 3.63) is 29.8 Å². The average Bonchev–Trinajstić information content (AvgIpc) is 2.84. The Morgan fingerprint density at radius 3 is 2.74 bits per heavy atom. The van der Waals surface area contributed by atoms with E-state index in [0.29, 0.717) is 6.42 Å². The van der Waals surface area contributed by atoms with Gasteiger partial charge in [0.15, 0.2) is 11.6 Å². The molecule has 5 nitrogen and oxygen atoms in total. The maximum absolute atomic E-state index is 13.4. The summed E-state index contributed by atoms with van der Waals surface area (Å²) in [7, 11) is 0. The molecule has 1 atom stereocenters. The first-order chi connectivity index (χ1) is 8.99. The highest BCUT2D eigenvalue weighted by Crippen LogP contribution is 2.20. The van der Waals surface area contributed by atoms with Crippen molar-refractivity contribution in [1.29, 1.82) is 0 Å². The van der Waals surface area contributed by atoms with Crippen LogP contribution >= 0.6 is 0 Å². The topological polar surface area (TPSA) is 69.6 Å². The van der Waals surface area contributed by atoms with Crippen molar-refractivity contribution in [3.8, 4) is 0 Å². The lowest BCUT2D eigenvalue weighted by Gasteiger charge is -2.17. The second-order valence-electron chi connectivity index (χ2n) is 4.30. The molecule has 0 spiro atoms. The number of nitrogens with one attached hydrogen (secondary N) is 1. The molecule has 2 rings (SSSR count). The second kappa shape index (κ2) is 5.21. The minimum absolute atomic E-state index is 0.0676. The number of carboxylic acids is 1. The van der Waals surface area contributed by atoms with Crippen LogP contribution in [0, 0.1) is 17.6 Å². The molecule has 2 N–H and O–H groups in total. The molecule has 1 fully saturated rings. The number of urea groups is 1. The van der Waals surface area contributed by atoms with Crippen molar-refractivity contribution in [1.82, 2.24) is 4.90 Å². The van der Waals surface area contributed by atoms with Crippen LogP contribution in [0.15, 0.2) is 18.2 Å². The number of carbonyl (C=O) groups excluding carboxylic acids is 1. The van der Waals surface area contributed by atoms with Gasteiger partial charge in [0.05, 0.1) is 11.6 Å². The average molecular weight is 270 g/mol. The lowest BCUT2D eigenvalue weighted by molar-refractivity contribution is -0.141. The van der Waals surface area contributed by atoms with E-state index in [9.17, 15) is 18.4 Å². The molecule has 1 aliphatic heterocycles. The lowest BCUT2D eigenvalue weighted by Crippen LogP contribution is -2.34. The number of halogens is 2. The van der Waals surface area contributed by atoms with Gasteiger partial charge in [0.1, 0.15) is 0 Å². The van der Waals surface area contributed by atoms with Gasteiger partial charge in [0.2, 0.25) is 0 Å². The monoisotopic (exact) mass is 270 g/mol. The first-order valence-electron chi connectivity index (χ1n) is 5.72. The van der Waals surface area contributed by atoms with Crippen molar-refractivity contribution >= 4 is 17.7 Å². The van der Waals surface area contributed by atoms with Crippen LogP contribution in [0.2, 0.25) is 0 Å². The van der Waals surface area contributed by atoms with E-state index in [1.54, 1.807) is 0 Å². The number of benzene rings is 1. The smallest absolute Gasteiger partial charge is 0.321 e. The molecule has 1 saturated heterocycles. The predicted octanol–water partition coefficient (Wildman–Crippen LogP) is 1.90. The van der Waals surface area contributed by atoms with E-state index in [1.165, 1.54) is 17.0 Å². The zero-order valence-corrected chi connectivity index (χ0v) is 9.90. The number of rotatable bonds is 2. The number of likely N-dealkylation sites (tertiary alicyclic amines) is 1. The summed E-state index contributed by atoms with van der Waals surface area (Å²) in [6.45, 7) is 0.345. The van der Waals surface area contributed by atoms with Crippen LogP contribution in [0.4, 0.5) is 19.3 Å². The molecule has 7 heteroatoms. The van der Waals surface area contributed by atoms with Crippen LogP contribution in [-0.4, -0.2) is 35.1 Å². The summed E-state index contributed by atoms with van der Waals surface area (Å²) >= 11 is 0. The number of hydrogen-bond acceptors (Lipinski definition) is 2. The highest BCUT2D eigenvalue weighted by molar-refractivity contribution is 5.90. The molecule has 1 unspecified atom stereocenters. The molecular weight excluding hydrogens is 258 g/mol. The molecule has 0 bridgehead atoms. The quantitative estimate of drug-likeness (QED) is 0.862. The van der Waals surface area contributed by atoms with Gasteiger partial charge in [-0.05, 0) is 18.6 Å². The largest absolute Gasteiger partial charge is 0.481 e. The summed E-state index contributed by atoms with van der Waals surface area (Å²) < 4.78 is 26.3. The van der Waals surface area contributed by atoms with E-state index in [1.807, 2.05) is 0 Å². The van der Waals surface area contributed by atoms with Crippen LogP contribution < -0.4 is 5.32 Å². The molecule has 1 aliphatic rings. The Bertz CT molecular complexity index is 522. The molecule has 1 heterocycles. The Kier molecular flexibility index (Phi) is 3.64. The fourth-order valence-electron chi connectivity index (χ4n) is 1.94. The summed E-state index contributed by atoms with van der Waals surface area (Å²) in [4.78, 5) is 23.8. The Morgan fingerprint density at radius 1 is 1.37 bits per heavy atom. The van der Waals surface area contributed by atoms with E-state index in [-0.39, 0.29) is 18.8 Å². The standard InChI is InChI=1S/C12H12F2N2O3/c13-8-2-1-3-9(10(8)14)15-12(19)16-5-4-7(6-16)11(17)18/h1-3,7H,4-6H2,(H,15,19)(H,17,18). The molecule has 1 aromatic rings. The number of hydrogen-bond donors (Lipinski definition) is 2. The highest BCUT2D eigenvalue weighted by Gasteiger charge is 2.31. The number of amides is 2. The van der Waals surface area contributed by atoms with Gasteiger partial charge in [-0.1, -0.05) is 6.07 Å². The Balaban J connectivity index is 2.02. The molecule has 1 aromatic carbocycles. The molecule has 0 saturated carbocycles. The summed E-state index contributed by atoms with van der Waals surface area (Å²) in [6, 6.07) is 2.83. The number of aliphatic carboxylic acids is 1. The zero-order chi connectivity index (χ0) is 14.0. The maximum atomic E-state index is 13.4. The van der Waals surface area contributed by atoms with Gasteiger partial charge in [-0.15, -0.1) is 0 Å². The Hall–Kier alpha value is -2.18. The molecule has 0 aromatic heterocycles. The van der Waals surface area contributed by atoms with Gasteiger partial charge in [-0.3, -0.25) is 4.79 Å². The third kappa shape index (κ3) is 2.81. The van der Waals surface area contributed by atoms with E-state index >= 15 is 0 Å². The first-order valence-corrected chi connectivity index (χ1v) is 5.72. The van der Waals surface area contributed by atoms with Gasteiger partial charge in [0, 0.05) is 13.1 Å². The molecule has 2 amide bonds. The summed E-state index contributed by atoms with van der Waals surface area (Å²) in [5, 5.41) is 11.0. The maximum Gasteiger partial charge on any atom is 0.321 e. The number of nitrogens with zero attached hydrogens (tertiary/aromatic N) is 1. The van der Waals surface area contributed by atoms with Crippen molar-refractivity contribution in [2.24, 2.45) is 5.92 Å². The van der Waals surface area contributed by atoms with Gasteiger partial charge < -0.3 is 15.3 Å². The first kappa shape index (κ1) is 13.3. The van der Waals surface area contributed by atoms with Crippen molar-refractivity contribution in [2.75, 3.05) is 18.4 Å². The molecule has 19 heavy (non-hydrogen) atoms. The van der Waals surface area contributed by atoms with Gasteiger partial charge in [-0.25, -0.2) is 13.6 Å². The van der Waals surface area contributed by atoms with Crippen molar-refractivity contribution in [2.45, 2.75) is 6.42 Å². The third-order valence-corrected chi connectivity index (χ3v) is 3.02. The summed E-state index contributed by atoms with van der Waals surface area (Å²) in [6.07, 6.45) is 0.356. The Labute approximate surface area is 107 Å². The number of anilines is 1. The third-order valence-electron chi connectivity index (χ3n) is 3.02. The SMILES string of the molecule is O=C(O)C1CCN(C(=O)Nc2cccc(F)c2F)C1. The minimum atomic E-state index is -1.13. The van der Waals surface area contributed by atoms with Gasteiger partial charge in [-0.2, -0.15) is 0 Å². The highest BCUT2D eigenvalue weighted by atomic mass is 19.2. The van der Waals surface area contributed by atoms with Crippen LogP contribution in [0.25, 0.3) is 0 Å². The fourth-order valence-corrected chi connectivity index (χ4v) is 1.94. The van der Waals surface area contributed by atoms with E-state index in [4.69, 9.17) is 5.11 Å². The zero-order valence-electron chi connectivity index (χ0n) is 9.90. The predicted molar refractivity (Wildman–Crippen MR) is 62.7 cm³/mol. The van der Waals surface area contributed by atoms with Gasteiger partial charge >= 0.3 is 12.0 Å². The van der Waals surface area contributed by atoms with Crippen LogP contribution in [0.5, 0.6) is 0 Å². The van der Waals surface area contributed by atoms with Crippen LogP contribution in [0.1, 0.15) is 6.42 Å². The fraction of sp³-hybridized carbons (Fsp3) is 0.333. The van der Waals surface area contributed by atoms with E-state index < -0.39 is 29.6 Å². The second-order valence-corrected chi connectivity index (χ2v) is 4.30. The van der Waals surface area contributed by atoms with Crippen molar-refractivity contribution in [3.63, 3.8) is 0 Å². The molecule has 0 radical (unpaired) electrons. The van der Waals surface area contributed by atoms with Crippen molar-refractivity contribution < 1.29 is 23.5 Å². The normalized spacial score (nSPS) is 18.4. The van der Waals surface area contributed by atoms with Crippen LogP contribution in [0.3, 0.4) is 0 Å².